The summed E-state index contributed by atoms with van der Waals surface area (Å²) in [6.45, 7) is 4.45. The van der Waals surface area contributed by atoms with Gasteiger partial charge in [-0.3, -0.25) is 0 Å². The van der Waals surface area contributed by atoms with Gasteiger partial charge >= 0.3 is 112 Å². The van der Waals surface area contributed by atoms with Gasteiger partial charge in [-0.15, -0.1) is 0 Å². The molecule has 3 heteroatoms. The first-order chi connectivity index (χ1) is 8.20. The molecule has 0 saturated heterocycles. The average Bonchev–Trinajstić information content (AvgIpc) is 2.84. The summed E-state index contributed by atoms with van der Waals surface area (Å²) in [5.41, 5.74) is 4.14. The van der Waals surface area contributed by atoms with Gasteiger partial charge in [-0.25, -0.2) is 0 Å². The maximum absolute atomic E-state index is 4.26. The Kier molecular flexibility index (Phi) is 2.63. The summed E-state index contributed by atoms with van der Waals surface area (Å²) in [4.78, 5) is 4.26. The van der Waals surface area contributed by atoms with Crippen LogP contribution < -0.4 is 0 Å². The molecule has 0 bridgehead atoms. The number of imidazole rings is 1. The number of benzene rings is 1. The van der Waals surface area contributed by atoms with E-state index in [2.05, 4.69) is 47.7 Å². The molecule has 0 aliphatic heterocycles. The van der Waals surface area contributed by atoms with Gasteiger partial charge in [0.2, 0.25) is 0 Å². The molecule has 1 aromatic heterocycles. The normalized spacial score (nSPS) is 22.8. The summed E-state index contributed by atoms with van der Waals surface area (Å²) in [7, 11) is 0. The van der Waals surface area contributed by atoms with Crippen molar-refractivity contribution in [1.29, 1.82) is 0 Å². The van der Waals surface area contributed by atoms with Crippen molar-refractivity contribution in [2.45, 2.75) is 19.9 Å². The Hall–Kier alpha value is -1.01. The number of aryl methyl sites for hydroxylation is 1. The molecule has 86 valence electrons. The Morgan fingerprint density at radius 2 is 2.06 bits per heavy atom. The van der Waals surface area contributed by atoms with Gasteiger partial charge in [0.15, 0.2) is 0 Å². The van der Waals surface area contributed by atoms with Crippen molar-refractivity contribution in [2.75, 3.05) is 0 Å². The van der Waals surface area contributed by atoms with Crippen LogP contribution in [0.1, 0.15) is 29.8 Å². The molecule has 2 nitrogen and oxygen atoms in total. The van der Waals surface area contributed by atoms with Gasteiger partial charge in [0, 0.05) is 0 Å². The zero-order valence-corrected chi connectivity index (χ0v) is 12.9. The Morgan fingerprint density at radius 3 is 2.76 bits per heavy atom. The number of hydrogen-bond acceptors (Lipinski definition) is 1. The van der Waals surface area contributed by atoms with E-state index in [0.717, 1.165) is 0 Å². The third-order valence-electron chi connectivity index (χ3n) is 3.59. The molecule has 2 aromatic rings. The zero-order valence-electron chi connectivity index (χ0n) is 9.92. The van der Waals surface area contributed by atoms with Crippen LogP contribution in [0.4, 0.5) is 0 Å². The van der Waals surface area contributed by atoms with Crippen molar-refractivity contribution in [3.8, 4) is 0 Å². The molecule has 0 fully saturated rings. The van der Waals surface area contributed by atoms with E-state index in [0.29, 0.717) is 12.0 Å². The van der Waals surface area contributed by atoms with Crippen molar-refractivity contribution in [1.82, 2.24) is 9.55 Å². The molecule has 0 radical (unpaired) electrons. The van der Waals surface area contributed by atoms with Crippen LogP contribution in [0.15, 0.2) is 36.8 Å². The molecule has 0 amide bonds. The van der Waals surface area contributed by atoms with Crippen LogP contribution in [0.5, 0.6) is 0 Å². The van der Waals surface area contributed by atoms with Gasteiger partial charge in [0.25, 0.3) is 0 Å². The third-order valence-corrected chi connectivity index (χ3v) is 5.72. The van der Waals surface area contributed by atoms with Crippen LogP contribution in [-0.4, -0.2) is 13.4 Å². The van der Waals surface area contributed by atoms with Crippen LogP contribution in [-0.2, 0) is 19.4 Å². The fourth-order valence-electron chi connectivity index (χ4n) is 2.69. The summed E-state index contributed by atoms with van der Waals surface area (Å²) >= 11 is 1.58. The van der Waals surface area contributed by atoms with Crippen LogP contribution in [0, 0.1) is 12.8 Å². The molecule has 1 aromatic carbocycles. The second-order valence-electron chi connectivity index (χ2n) is 4.63. The molecule has 3 rings (SSSR count). The summed E-state index contributed by atoms with van der Waals surface area (Å²) in [6.07, 6.45) is 3.90. The maximum atomic E-state index is 4.26. The van der Waals surface area contributed by atoms with Gasteiger partial charge in [0.1, 0.15) is 0 Å². The monoisotopic (exact) mass is 394 g/mol. The topological polar surface area (TPSA) is 17.8 Å². The van der Waals surface area contributed by atoms with E-state index in [9.17, 15) is 0 Å². The first kappa shape index (κ1) is 11.1. The molecular weight excluding hydrogens is 380 g/mol. The first-order valence-corrected chi connectivity index (χ1v) is 7.28. The summed E-state index contributed by atoms with van der Waals surface area (Å²) in [6, 6.07) is 9.21. The van der Waals surface area contributed by atoms with E-state index in [1.807, 2.05) is 12.5 Å². The molecule has 2 atom stereocenters. The van der Waals surface area contributed by atoms with Gasteiger partial charge < -0.3 is 0 Å². The number of fused-ring (bicyclic) bond motifs is 1. The standard InChI is InChI=1S/C14H14N2.W/c1-10-7-12-5-3-4-6-13(12)14(10)16-9-15-8-11(16)2;/h3-6,8-10,14H,1-2H3;. The summed E-state index contributed by atoms with van der Waals surface area (Å²) in [5, 5.41) is 0. The first-order valence-electron chi connectivity index (χ1n) is 5.81. The van der Waals surface area contributed by atoms with Crippen LogP contribution in [0.3, 0.4) is 0 Å². The van der Waals surface area contributed by atoms with Crippen LogP contribution in [0.25, 0.3) is 0 Å². The minimum atomic E-state index is 0.432. The quantitative estimate of drug-likeness (QED) is 0.727. The number of nitrogens with zero attached hydrogens (tertiary/aromatic N) is 2. The zero-order chi connectivity index (χ0) is 12.0. The Bertz CT molecular complexity index is 585. The predicted molar refractivity (Wildman–Crippen MR) is 64.8 cm³/mol. The summed E-state index contributed by atoms with van der Waals surface area (Å²) < 4.78 is 3.87. The SMILES string of the molecule is Cc1cncn1C1c2ccccc2[C](=[W])C1C. The molecule has 0 N–H and O–H groups in total. The predicted octanol–water partition coefficient (Wildman–Crippen LogP) is 2.50. The Balaban J connectivity index is 2.19. The number of aromatic nitrogens is 2. The van der Waals surface area contributed by atoms with Gasteiger partial charge in [0.05, 0.1) is 0 Å². The molecule has 1 aliphatic rings. The molecule has 1 aliphatic carbocycles. The van der Waals surface area contributed by atoms with Crippen molar-refractivity contribution in [2.24, 2.45) is 5.92 Å². The van der Waals surface area contributed by atoms with E-state index in [-0.39, 0.29) is 0 Å². The van der Waals surface area contributed by atoms with E-state index < -0.39 is 0 Å². The molecular formula is C14H14N2W. The van der Waals surface area contributed by atoms with E-state index >= 15 is 0 Å². The molecule has 2 unspecified atom stereocenters. The number of rotatable bonds is 1. The van der Waals surface area contributed by atoms with Crippen molar-refractivity contribution in [3.63, 3.8) is 0 Å². The van der Waals surface area contributed by atoms with E-state index in [1.54, 1.807) is 23.3 Å². The average molecular weight is 394 g/mol. The van der Waals surface area contributed by atoms with Crippen LogP contribution in [0.2, 0.25) is 0 Å². The Morgan fingerprint density at radius 1 is 1.29 bits per heavy atom. The second-order valence-corrected chi connectivity index (χ2v) is 6.21. The van der Waals surface area contributed by atoms with Gasteiger partial charge in [-0.1, -0.05) is 0 Å². The minimum absolute atomic E-state index is 0.432. The summed E-state index contributed by atoms with van der Waals surface area (Å²) in [5.74, 6) is 0.579. The molecule has 1 heterocycles. The van der Waals surface area contributed by atoms with Crippen molar-refractivity contribution >= 4 is 3.90 Å². The molecule has 17 heavy (non-hydrogen) atoms. The fraction of sp³-hybridized carbons (Fsp3) is 0.286. The van der Waals surface area contributed by atoms with Gasteiger partial charge in [-0.2, -0.15) is 0 Å². The third kappa shape index (κ3) is 1.58. The molecule has 0 saturated carbocycles. The van der Waals surface area contributed by atoms with Crippen molar-refractivity contribution < 1.29 is 19.4 Å². The second kappa shape index (κ2) is 4.03. The fourth-order valence-corrected chi connectivity index (χ4v) is 3.82. The number of hydrogen-bond donors (Lipinski definition) is 0. The van der Waals surface area contributed by atoms with E-state index in [4.69, 9.17) is 0 Å². The Labute approximate surface area is 112 Å². The van der Waals surface area contributed by atoms with Crippen LogP contribution >= 0.6 is 0 Å². The molecule has 0 spiro atoms. The van der Waals surface area contributed by atoms with Crippen molar-refractivity contribution in [3.05, 3.63) is 53.6 Å². The van der Waals surface area contributed by atoms with Gasteiger partial charge in [-0.05, 0) is 0 Å². The van der Waals surface area contributed by atoms with E-state index in [1.165, 1.54) is 16.8 Å².